The van der Waals surface area contributed by atoms with E-state index < -0.39 is 40.1 Å². The Bertz CT molecular complexity index is 1130. The molecule has 2 aromatic carbocycles. The van der Waals surface area contributed by atoms with Gasteiger partial charge in [-0.25, -0.2) is 26.3 Å². The summed E-state index contributed by atoms with van der Waals surface area (Å²) >= 11 is 0. The lowest BCUT2D eigenvalue weighted by Gasteiger charge is -2.30. The fraction of sp³-hybridized carbons (Fsp3) is 0.364. The lowest BCUT2D eigenvalue weighted by atomic mass is 10.1. The maximum atomic E-state index is 13.3. The van der Waals surface area contributed by atoms with E-state index >= 15 is 0 Å². The average molecular weight is 482 g/mol. The molecule has 0 bridgehead atoms. The van der Waals surface area contributed by atoms with Gasteiger partial charge in [0, 0.05) is 38.9 Å². The van der Waals surface area contributed by atoms with Crippen molar-refractivity contribution in [2.75, 3.05) is 44.0 Å². The van der Waals surface area contributed by atoms with Crippen molar-refractivity contribution in [3.8, 4) is 0 Å². The highest BCUT2D eigenvalue weighted by atomic mass is 32.2. The number of piperidine rings is 1. The molecule has 0 spiro atoms. The molecule has 3 rings (SSSR count). The summed E-state index contributed by atoms with van der Waals surface area (Å²) in [6.45, 7) is 0.679. The van der Waals surface area contributed by atoms with Gasteiger partial charge in [0.1, 0.15) is 11.6 Å². The normalized spacial score (nSPS) is 14.3. The Morgan fingerprint density at radius 2 is 1.67 bits per heavy atom. The molecule has 11 heteroatoms. The van der Waals surface area contributed by atoms with E-state index in [-0.39, 0.29) is 16.1 Å². The van der Waals surface area contributed by atoms with Crippen LogP contribution in [0.3, 0.4) is 0 Å². The number of nitrogens with one attached hydrogen (secondary N) is 1. The van der Waals surface area contributed by atoms with Crippen LogP contribution in [-0.2, 0) is 19.6 Å². The first-order valence-corrected chi connectivity index (χ1v) is 11.8. The Kier molecular flexibility index (Phi) is 7.65. The van der Waals surface area contributed by atoms with E-state index in [4.69, 9.17) is 4.74 Å². The summed E-state index contributed by atoms with van der Waals surface area (Å²) in [5, 5.41) is 2.25. The number of rotatable bonds is 7. The van der Waals surface area contributed by atoms with Crippen molar-refractivity contribution in [3.05, 3.63) is 53.6 Å². The minimum atomic E-state index is -3.80. The van der Waals surface area contributed by atoms with E-state index in [2.05, 4.69) is 5.32 Å². The first kappa shape index (κ1) is 24.6. The van der Waals surface area contributed by atoms with Crippen molar-refractivity contribution >= 4 is 33.3 Å². The molecule has 0 radical (unpaired) electrons. The van der Waals surface area contributed by atoms with Gasteiger partial charge in [-0.15, -0.1) is 0 Å². The van der Waals surface area contributed by atoms with Gasteiger partial charge < -0.3 is 15.0 Å². The van der Waals surface area contributed by atoms with E-state index in [9.17, 15) is 26.8 Å². The molecule has 1 heterocycles. The van der Waals surface area contributed by atoms with Crippen molar-refractivity contribution in [1.82, 2.24) is 4.31 Å². The SMILES string of the molecule is CN(C)S(=O)(=O)c1ccc(N2CCCCC2)c(C(=O)OCC(=O)Nc2cc(F)cc(F)c2)c1. The van der Waals surface area contributed by atoms with E-state index in [1.165, 1.54) is 26.2 Å². The first-order chi connectivity index (χ1) is 15.6. The summed E-state index contributed by atoms with van der Waals surface area (Å²) < 4.78 is 57.8. The van der Waals surface area contributed by atoms with Crippen LogP contribution in [0.1, 0.15) is 29.6 Å². The van der Waals surface area contributed by atoms with Crippen LogP contribution in [0.4, 0.5) is 20.2 Å². The number of benzene rings is 2. The number of carbonyl (C=O) groups excluding carboxylic acids is 2. The van der Waals surface area contributed by atoms with E-state index in [0.717, 1.165) is 35.7 Å². The molecule has 0 atom stereocenters. The molecule has 178 valence electrons. The van der Waals surface area contributed by atoms with Crippen LogP contribution in [0.15, 0.2) is 41.3 Å². The van der Waals surface area contributed by atoms with Crippen LogP contribution in [0, 0.1) is 11.6 Å². The number of anilines is 2. The molecule has 0 unspecified atom stereocenters. The maximum Gasteiger partial charge on any atom is 0.340 e. The molecule has 1 N–H and O–H groups in total. The number of hydrogen-bond acceptors (Lipinski definition) is 6. The molecule has 1 fully saturated rings. The predicted octanol–water partition coefficient (Wildman–Crippen LogP) is 3.00. The average Bonchev–Trinajstić information content (AvgIpc) is 2.76. The molecule has 1 saturated heterocycles. The molecule has 33 heavy (non-hydrogen) atoms. The number of halogens is 2. The van der Waals surface area contributed by atoms with E-state index in [0.29, 0.717) is 24.8 Å². The fourth-order valence-corrected chi connectivity index (χ4v) is 4.42. The number of hydrogen-bond donors (Lipinski definition) is 1. The highest BCUT2D eigenvalue weighted by molar-refractivity contribution is 7.89. The Labute approximate surface area is 191 Å². The molecule has 1 amide bonds. The molecule has 0 saturated carbocycles. The highest BCUT2D eigenvalue weighted by Crippen LogP contribution is 2.28. The Morgan fingerprint density at radius 1 is 1.03 bits per heavy atom. The van der Waals surface area contributed by atoms with Gasteiger partial charge in [0.05, 0.1) is 16.1 Å². The summed E-state index contributed by atoms with van der Waals surface area (Å²) in [5.41, 5.74) is 0.413. The number of amides is 1. The molecule has 1 aliphatic heterocycles. The topological polar surface area (TPSA) is 96.0 Å². The smallest absolute Gasteiger partial charge is 0.340 e. The van der Waals surface area contributed by atoms with Gasteiger partial charge in [-0.3, -0.25) is 4.79 Å². The van der Waals surface area contributed by atoms with E-state index in [1.807, 2.05) is 4.90 Å². The lowest BCUT2D eigenvalue weighted by Crippen LogP contribution is -2.31. The highest BCUT2D eigenvalue weighted by Gasteiger charge is 2.25. The largest absolute Gasteiger partial charge is 0.452 e. The monoisotopic (exact) mass is 481 g/mol. The van der Waals surface area contributed by atoms with Crippen LogP contribution < -0.4 is 10.2 Å². The van der Waals surface area contributed by atoms with Crippen LogP contribution in [-0.4, -0.2) is 58.4 Å². The molecule has 0 aromatic heterocycles. The van der Waals surface area contributed by atoms with Crippen molar-refractivity contribution in [2.45, 2.75) is 24.2 Å². The van der Waals surface area contributed by atoms with Gasteiger partial charge in [-0.05, 0) is 49.6 Å². The van der Waals surface area contributed by atoms with Gasteiger partial charge in [-0.1, -0.05) is 0 Å². The van der Waals surface area contributed by atoms with Crippen LogP contribution in [0.25, 0.3) is 0 Å². The summed E-state index contributed by atoms with van der Waals surface area (Å²) in [7, 11) is -1.04. The van der Waals surface area contributed by atoms with Crippen LogP contribution in [0.2, 0.25) is 0 Å². The second-order valence-electron chi connectivity index (χ2n) is 7.80. The maximum absolute atomic E-state index is 13.3. The standard InChI is InChI=1S/C22H25F2N3O5S/c1-26(2)33(30,31)18-6-7-20(27-8-4-3-5-9-27)19(13-18)22(29)32-14-21(28)25-17-11-15(23)10-16(24)12-17/h6-7,10-13H,3-5,8-9,14H2,1-2H3,(H,25,28). The summed E-state index contributed by atoms with van der Waals surface area (Å²) in [4.78, 5) is 26.9. The zero-order valence-electron chi connectivity index (χ0n) is 18.3. The van der Waals surface area contributed by atoms with Gasteiger partial charge in [0.25, 0.3) is 5.91 Å². The Balaban J connectivity index is 1.80. The third-order valence-corrected chi connectivity index (χ3v) is 6.96. The van der Waals surface area contributed by atoms with Crippen molar-refractivity contribution < 1.29 is 31.5 Å². The van der Waals surface area contributed by atoms with Crippen LogP contribution in [0.5, 0.6) is 0 Å². The van der Waals surface area contributed by atoms with Gasteiger partial charge >= 0.3 is 5.97 Å². The van der Waals surface area contributed by atoms with Gasteiger partial charge in [-0.2, -0.15) is 0 Å². The minimum absolute atomic E-state index is 0.0180. The zero-order chi connectivity index (χ0) is 24.2. The van der Waals surface area contributed by atoms with Crippen molar-refractivity contribution in [2.24, 2.45) is 0 Å². The molecule has 1 aliphatic rings. The summed E-state index contributed by atoms with van der Waals surface area (Å²) in [6.07, 6.45) is 2.92. The molecule has 0 aliphatic carbocycles. The summed E-state index contributed by atoms with van der Waals surface area (Å²) in [6, 6.07) is 6.74. The second kappa shape index (κ2) is 10.3. The molecular formula is C22H25F2N3O5S. The van der Waals surface area contributed by atoms with Gasteiger partial charge in [0.2, 0.25) is 10.0 Å². The number of nitrogens with zero attached hydrogens (tertiary/aromatic N) is 2. The minimum Gasteiger partial charge on any atom is -0.452 e. The molecular weight excluding hydrogens is 456 g/mol. The number of ether oxygens (including phenoxy) is 1. The number of esters is 1. The molecule has 8 nitrogen and oxygen atoms in total. The lowest BCUT2D eigenvalue weighted by molar-refractivity contribution is -0.119. The summed E-state index contributed by atoms with van der Waals surface area (Å²) in [5.74, 6) is -3.42. The van der Waals surface area contributed by atoms with Gasteiger partial charge in [0.15, 0.2) is 6.61 Å². The fourth-order valence-electron chi connectivity index (χ4n) is 3.49. The Morgan fingerprint density at radius 3 is 2.27 bits per heavy atom. The zero-order valence-corrected chi connectivity index (χ0v) is 19.1. The first-order valence-electron chi connectivity index (χ1n) is 10.3. The van der Waals surface area contributed by atoms with Crippen LogP contribution >= 0.6 is 0 Å². The van der Waals surface area contributed by atoms with E-state index in [1.54, 1.807) is 6.07 Å². The number of sulfonamides is 1. The third-order valence-electron chi connectivity index (χ3n) is 5.14. The third kappa shape index (κ3) is 6.05. The number of carbonyl (C=O) groups is 2. The Hall–Kier alpha value is -3.05. The second-order valence-corrected chi connectivity index (χ2v) is 9.95. The quantitative estimate of drug-likeness (QED) is 0.611. The van der Waals surface area contributed by atoms with Crippen molar-refractivity contribution in [1.29, 1.82) is 0 Å². The van der Waals surface area contributed by atoms with Crippen molar-refractivity contribution in [3.63, 3.8) is 0 Å². The predicted molar refractivity (Wildman–Crippen MR) is 119 cm³/mol. The molecule has 2 aromatic rings.